The van der Waals surface area contributed by atoms with Crippen molar-refractivity contribution in [3.8, 4) is 5.75 Å². The van der Waals surface area contributed by atoms with Crippen LogP contribution in [0.4, 0.5) is 0 Å². The SMILES string of the molecule is Cc1cc(Cl)ccc1OCC(=O)N1CCN(S(C)(=O)=O)CC1. The first-order valence-corrected chi connectivity index (χ1v) is 9.12. The lowest BCUT2D eigenvalue weighted by Gasteiger charge is -2.33. The molecule has 1 aromatic rings. The molecule has 0 saturated carbocycles. The number of nitrogens with zero attached hydrogens (tertiary/aromatic N) is 2. The molecule has 0 unspecified atom stereocenters. The van der Waals surface area contributed by atoms with Gasteiger partial charge in [-0.2, -0.15) is 4.31 Å². The van der Waals surface area contributed by atoms with Gasteiger partial charge in [0.15, 0.2) is 6.61 Å². The van der Waals surface area contributed by atoms with Gasteiger partial charge in [-0.25, -0.2) is 8.42 Å². The van der Waals surface area contributed by atoms with E-state index in [4.69, 9.17) is 16.3 Å². The first kappa shape index (κ1) is 17.1. The molecule has 6 nitrogen and oxygen atoms in total. The molecule has 8 heteroatoms. The van der Waals surface area contributed by atoms with E-state index in [9.17, 15) is 13.2 Å². The van der Waals surface area contributed by atoms with Crippen LogP contribution >= 0.6 is 11.6 Å². The van der Waals surface area contributed by atoms with Crippen LogP contribution in [0.2, 0.25) is 5.02 Å². The van der Waals surface area contributed by atoms with E-state index in [2.05, 4.69) is 0 Å². The summed E-state index contributed by atoms with van der Waals surface area (Å²) in [4.78, 5) is 13.7. The lowest BCUT2D eigenvalue weighted by Crippen LogP contribution is -2.51. The number of amides is 1. The standard InChI is InChI=1S/C14H19ClN2O4S/c1-11-9-12(15)3-4-13(11)21-10-14(18)16-5-7-17(8-6-16)22(2,19)20/h3-4,9H,5-8,10H2,1-2H3. The van der Waals surface area contributed by atoms with Crippen LogP contribution in [-0.2, 0) is 14.8 Å². The molecule has 1 heterocycles. The zero-order valence-corrected chi connectivity index (χ0v) is 14.2. The second-order valence-corrected chi connectivity index (χ2v) is 7.66. The summed E-state index contributed by atoms with van der Waals surface area (Å²) in [5.74, 6) is 0.468. The Kier molecular flexibility index (Phi) is 5.31. The highest BCUT2D eigenvalue weighted by Crippen LogP contribution is 2.21. The number of hydrogen-bond acceptors (Lipinski definition) is 4. The number of carbonyl (C=O) groups excluding carboxylic acids is 1. The fourth-order valence-corrected chi connectivity index (χ4v) is 3.33. The molecule has 0 spiro atoms. The third-order valence-electron chi connectivity index (χ3n) is 3.55. The summed E-state index contributed by atoms with van der Waals surface area (Å²) in [5, 5.41) is 0.619. The van der Waals surface area contributed by atoms with Crippen LogP contribution < -0.4 is 4.74 Å². The molecule has 1 aliphatic heterocycles. The van der Waals surface area contributed by atoms with Crippen molar-refractivity contribution in [3.05, 3.63) is 28.8 Å². The number of piperazine rings is 1. The van der Waals surface area contributed by atoms with Crippen LogP contribution in [0, 0.1) is 6.92 Å². The normalized spacial score (nSPS) is 16.6. The minimum absolute atomic E-state index is 0.0681. The molecule has 0 atom stereocenters. The summed E-state index contributed by atoms with van der Waals surface area (Å²) in [6.07, 6.45) is 1.18. The molecule has 2 rings (SSSR count). The maximum absolute atomic E-state index is 12.1. The molecule has 1 saturated heterocycles. The third kappa shape index (κ3) is 4.34. The van der Waals surface area contributed by atoms with Crippen molar-refractivity contribution in [2.75, 3.05) is 39.0 Å². The van der Waals surface area contributed by atoms with Gasteiger partial charge in [-0.1, -0.05) is 11.6 Å². The predicted molar refractivity (Wildman–Crippen MR) is 84.7 cm³/mol. The molecular formula is C14H19ClN2O4S. The van der Waals surface area contributed by atoms with Gasteiger partial charge in [0.05, 0.1) is 6.26 Å². The van der Waals surface area contributed by atoms with E-state index in [1.54, 1.807) is 23.1 Å². The Balaban J connectivity index is 1.86. The minimum Gasteiger partial charge on any atom is -0.483 e. The van der Waals surface area contributed by atoms with Crippen molar-refractivity contribution in [1.82, 2.24) is 9.21 Å². The highest BCUT2D eigenvalue weighted by molar-refractivity contribution is 7.88. The maximum atomic E-state index is 12.1. The van der Waals surface area contributed by atoms with Gasteiger partial charge in [-0.15, -0.1) is 0 Å². The van der Waals surface area contributed by atoms with Gasteiger partial charge in [0.25, 0.3) is 5.91 Å². The first-order chi connectivity index (χ1) is 10.3. The predicted octanol–water partition coefficient (Wildman–Crippen LogP) is 1.13. The van der Waals surface area contributed by atoms with Crippen LogP contribution in [-0.4, -0.2) is 62.6 Å². The zero-order chi connectivity index (χ0) is 16.3. The topological polar surface area (TPSA) is 66.9 Å². The number of halogens is 1. The number of benzene rings is 1. The van der Waals surface area contributed by atoms with Crippen molar-refractivity contribution in [3.63, 3.8) is 0 Å². The third-order valence-corrected chi connectivity index (χ3v) is 5.09. The molecule has 0 bridgehead atoms. The van der Waals surface area contributed by atoms with Gasteiger partial charge in [0.1, 0.15) is 5.75 Å². The lowest BCUT2D eigenvalue weighted by atomic mass is 10.2. The summed E-state index contributed by atoms with van der Waals surface area (Å²) in [5.41, 5.74) is 0.863. The minimum atomic E-state index is -3.19. The molecule has 1 aromatic carbocycles. The highest BCUT2D eigenvalue weighted by Gasteiger charge is 2.26. The second-order valence-electron chi connectivity index (χ2n) is 5.24. The Hall–Kier alpha value is -1.31. The number of hydrogen-bond donors (Lipinski definition) is 0. The van der Waals surface area contributed by atoms with Crippen molar-refractivity contribution in [2.45, 2.75) is 6.92 Å². The number of rotatable bonds is 4. The van der Waals surface area contributed by atoms with E-state index >= 15 is 0 Å². The Morgan fingerprint density at radius 3 is 2.45 bits per heavy atom. The smallest absolute Gasteiger partial charge is 0.260 e. The summed E-state index contributed by atoms with van der Waals surface area (Å²) < 4.78 is 29.7. The van der Waals surface area contributed by atoms with Crippen LogP contribution in [0.3, 0.4) is 0 Å². The summed E-state index contributed by atoms with van der Waals surface area (Å²) in [6.45, 7) is 3.21. The van der Waals surface area contributed by atoms with Gasteiger partial charge < -0.3 is 9.64 Å². The first-order valence-electron chi connectivity index (χ1n) is 6.89. The Morgan fingerprint density at radius 1 is 1.27 bits per heavy atom. The molecule has 0 aliphatic carbocycles. The molecule has 1 fully saturated rings. The van der Waals surface area contributed by atoms with Gasteiger partial charge in [0.2, 0.25) is 10.0 Å². The van der Waals surface area contributed by atoms with E-state index in [0.717, 1.165) is 5.56 Å². The number of carbonyl (C=O) groups is 1. The second kappa shape index (κ2) is 6.85. The van der Waals surface area contributed by atoms with Crippen molar-refractivity contribution < 1.29 is 17.9 Å². The highest BCUT2D eigenvalue weighted by atomic mass is 35.5. The largest absolute Gasteiger partial charge is 0.483 e. The van der Waals surface area contributed by atoms with E-state index in [-0.39, 0.29) is 12.5 Å². The van der Waals surface area contributed by atoms with Crippen molar-refractivity contribution in [2.24, 2.45) is 0 Å². The van der Waals surface area contributed by atoms with Crippen molar-refractivity contribution in [1.29, 1.82) is 0 Å². The van der Waals surface area contributed by atoms with Crippen LogP contribution in [0.1, 0.15) is 5.56 Å². The van der Waals surface area contributed by atoms with Gasteiger partial charge >= 0.3 is 0 Å². The number of ether oxygens (including phenoxy) is 1. The molecule has 0 aromatic heterocycles. The lowest BCUT2D eigenvalue weighted by molar-refractivity contribution is -0.134. The molecule has 1 aliphatic rings. The number of sulfonamides is 1. The van der Waals surface area contributed by atoms with Gasteiger partial charge in [0, 0.05) is 31.2 Å². The van der Waals surface area contributed by atoms with E-state index in [0.29, 0.717) is 37.0 Å². The average molecular weight is 347 g/mol. The Morgan fingerprint density at radius 2 is 1.91 bits per heavy atom. The summed E-state index contributed by atoms with van der Waals surface area (Å²) in [6, 6.07) is 5.21. The van der Waals surface area contributed by atoms with E-state index in [1.807, 2.05) is 6.92 Å². The number of aryl methyl sites for hydroxylation is 1. The van der Waals surface area contributed by atoms with Crippen molar-refractivity contribution >= 4 is 27.5 Å². The molecular weight excluding hydrogens is 328 g/mol. The molecule has 1 amide bonds. The van der Waals surface area contributed by atoms with E-state index < -0.39 is 10.0 Å². The van der Waals surface area contributed by atoms with Gasteiger partial charge in [-0.05, 0) is 30.7 Å². The molecule has 0 radical (unpaired) electrons. The zero-order valence-electron chi connectivity index (χ0n) is 12.6. The van der Waals surface area contributed by atoms with E-state index in [1.165, 1.54) is 10.6 Å². The summed E-state index contributed by atoms with van der Waals surface area (Å²) in [7, 11) is -3.19. The monoisotopic (exact) mass is 346 g/mol. The van der Waals surface area contributed by atoms with Crippen LogP contribution in [0.15, 0.2) is 18.2 Å². The molecule has 22 heavy (non-hydrogen) atoms. The quantitative estimate of drug-likeness (QED) is 0.819. The fourth-order valence-electron chi connectivity index (χ4n) is 2.27. The Labute approximate surface area is 135 Å². The van der Waals surface area contributed by atoms with Crippen LogP contribution in [0.5, 0.6) is 5.75 Å². The van der Waals surface area contributed by atoms with Crippen LogP contribution in [0.25, 0.3) is 0 Å². The molecule has 0 N–H and O–H groups in total. The van der Waals surface area contributed by atoms with Gasteiger partial charge in [-0.3, -0.25) is 4.79 Å². The molecule has 122 valence electrons. The Bertz CT molecular complexity index is 655. The maximum Gasteiger partial charge on any atom is 0.260 e. The summed E-state index contributed by atoms with van der Waals surface area (Å²) >= 11 is 5.87. The fraction of sp³-hybridized carbons (Fsp3) is 0.500. The average Bonchev–Trinajstić information content (AvgIpc) is 2.45.